The van der Waals surface area contributed by atoms with Crippen LogP contribution in [0.15, 0.2) is 0 Å². The first-order chi connectivity index (χ1) is 10.0. The minimum atomic E-state index is -2.61. The van der Waals surface area contributed by atoms with Gasteiger partial charge in [0.15, 0.2) is 18.3 Å². The van der Waals surface area contributed by atoms with E-state index in [2.05, 4.69) is 0 Å². The Morgan fingerprint density at radius 3 is 2.05 bits per heavy atom. The minimum absolute atomic E-state index is 0.438. The van der Waals surface area contributed by atoms with Crippen molar-refractivity contribution in [2.45, 2.75) is 50.4 Å². The molecule has 0 amide bonds. The molecule has 0 saturated carbocycles. The van der Waals surface area contributed by atoms with E-state index >= 15 is 0 Å². The van der Waals surface area contributed by atoms with E-state index in [1.165, 1.54) is 0 Å². The summed E-state index contributed by atoms with van der Waals surface area (Å²) in [6.45, 7) is 2.84. The van der Waals surface area contributed by atoms with E-state index in [-0.39, 0.29) is 0 Å². The van der Waals surface area contributed by atoms with Crippen molar-refractivity contribution in [1.82, 2.24) is 0 Å². The largest absolute Gasteiger partial charge is 0.463 e. The van der Waals surface area contributed by atoms with Crippen molar-refractivity contribution in [1.29, 1.82) is 0 Å². The molecule has 22 heavy (non-hydrogen) atoms. The van der Waals surface area contributed by atoms with Gasteiger partial charge in [-0.15, -0.1) is 0 Å². The first kappa shape index (κ1) is 18.6. The normalized spacial score (nSPS) is 34.6. The molecule has 0 aliphatic carbocycles. The Labute approximate surface area is 131 Å². The molecule has 0 bridgehead atoms. The van der Waals surface area contributed by atoms with Crippen LogP contribution in [0.1, 0.15) is 20.8 Å². The average Bonchev–Trinajstić information content (AvgIpc) is 2.35. The molecule has 1 fully saturated rings. The second-order valence-electron chi connectivity index (χ2n) is 4.66. The summed E-state index contributed by atoms with van der Waals surface area (Å²) in [5, 5.41) is 17.2. The summed E-state index contributed by atoms with van der Waals surface area (Å²) in [5.41, 5.74) is 0. The molecule has 5 atom stereocenters. The zero-order valence-corrected chi connectivity index (χ0v) is 12.9. The van der Waals surface area contributed by atoms with Crippen molar-refractivity contribution in [3.8, 4) is 0 Å². The summed E-state index contributed by atoms with van der Waals surface area (Å²) >= 11 is 5.62. The maximum absolute atomic E-state index is 11.2. The van der Waals surface area contributed by atoms with Crippen molar-refractivity contribution < 1.29 is 43.5 Å². The van der Waals surface area contributed by atoms with Gasteiger partial charge in [-0.25, -0.2) is 0 Å². The van der Waals surface area contributed by atoms with E-state index in [0.717, 1.165) is 20.8 Å². The number of rotatable bonds is 4. The molecule has 0 aromatic carbocycles. The van der Waals surface area contributed by atoms with Gasteiger partial charge in [-0.05, 0) is 0 Å². The molecule has 2 N–H and O–H groups in total. The summed E-state index contributed by atoms with van der Waals surface area (Å²) in [7, 11) is 0. The molecule has 1 saturated heterocycles. The second kappa shape index (κ2) is 7.23. The molecule has 0 unspecified atom stereocenters. The van der Waals surface area contributed by atoms with Gasteiger partial charge in [-0.1, -0.05) is 11.6 Å². The van der Waals surface area contributed by atoms with Gasteiger partial charge in [-0.2, -0.15) is 0 Å². The van der Waals surface area contributed by atoms with Gasteiger partial charge in [0.25, 0.3) is 5.25 Å². The third kappa shape index (κ3) is 4.80. The lowest BCUT2D eigenvalue weighted by Crippen LogP contribution is -2.65. The third-order valence-electron chi connectivity index (χ3n) is 2.74. The Morgan fingerprint density at radius 1 is 1.09 bits per heavy atom. The number of halogens is 1. The Kier molecular flexibility index (Phi) is 6.12. The fourth-order valence-electron chi connectivity index (χ4n) is 1.93. The molecule has 0 radical (unpaired) electrons. The van der Waals surface area contributed by atoms with Gasteiger partial charge >= 0.3 is 17.9 Å². The monoisotopic (exact) mass is 340 g/mol. The molecule has 10 heteroatoms. The van der Waals surface area contributed by atoms with Gasteiger partial charge in [-0.3, -0.25) is 14.4 Å². The van der Waals surface area contributed by atoms with Crippen molar-refractivity contribution in [2.24, 2.45) is 0 Å². The van der Waals surface area contributed by atoms with E-state index in [9.17, 15) is 24.6 Å². The van der Waals surface area contributed by atoms with Crippen LogP contribution in [0, 0.1) is 0 Å². The van der Waals surface area contributed by atoms with Gasteiger partial charge in [0.2, 0.25) is 0 Å². The second-order valence-corrected chi connectivity index (χ2v) is 5.20. The van der Waals surface area contributed by atoms with Gasteiger partial charge in [0.1, 0.15) is 12.7 Å². The van der Waals surface area contributed by atoms with Crippen LogP contribution < -0.4 is 0 Å². The summed E-state index contributed by atoms with van der Waals surface area (Å²) in [4.78, 5) is 33.2. The summed E-state index contributed by atoms with van der Waals surface area (Å²) in [6, 6.07) is 0. The number of hydrogen-bond acceptors (Lipinski definition) is 9. The molecule has 126 valence electrons. The zero-order chi connectivity index (χ0) is 17.1. The maximum Gasteiger partial charge on any atom is 0.303 e. The average molecular weight is 341 g/mol. The molecule has 0 aromatic rings. The highest BCUT2D eigenvalue weighted by Crippen LogP contribution is 2.34. The van der Waals surface area contributed by atoms with Gasteiger partial charge in [0.05, 0.1) is 0 Å². The standard InChI is InChI=1S/C12H17ClO9/c1-5(14)19-4-8-9(20-6(2)15)10(21-7(3)16)11(17)12(13,18)22-8/h8-11,17-18H,4H2,1-3H3/t8-,9-,10+,11-,12-/m1/s1. The van der Waals surface area contributed by atoms with Crippen molar-refractivity contribution >= 4 is 29.5 Å². The number of carbonyl (C=O) groups excluding carboxylic acids is 3. The quantitative estimate of drug-likeness (QED) is 0.378. The Morgan fingerprint density at radius 2 is 1.59 bits per heavy atom. The predicted octanol–water partition coefficient (Wildman–Crippen LogP) is -0.943. The van der Waals surface area contributed by atoms with Crippen LogP contribution in [-0.2, 0) is 33.3 Å². The first-order valence-electron chi connectivity index (χ1n) is 6.29. The van der Waals surface area contributed by atoms with Crippen molar-refractivity contribution in [3.05, 3.63) is 0 Å². The predicted molar refractivity (Wildman–Crippen MR) is 69.4 cm³/mol. The van der Waals surface area contributed by atoms with Crippen molar-refractivity contribution in [2.75, 3.05) is 6.61 Å². The number of carbonyl (C=O) groups is 3. The molecule has 9 nitrogen and oxygen atoms in total. The molecule has 1 heterocycles. The highest BCUT2D eigenvalue weighted by molar-refractivity contribution is 6.22. The number of alkyl halides is 1. The lowest BCUT2D eigenvalue weighted by atomic mass is 9.98. The lowest BCUT2D eigenvalue weighted by molar-refractivity contribution is -0.313. The summed E-state index contributed by atoms with van der Waals surface area (Å²) in [5.74, 6) is -2.22. The van der Waals surface area contributed by atoms with Gasteiger partial charge in [0, 0.05) is 20.8 Å². The number of aliphatic hydroxyl groups excluding tert-OH is 1. The summed E-state index contributed by atoms with van der Waals surface area (Å²) in [6.07, 6.45) is -5.97. The highest BCUT2D eigenvalue weighted by Gasteiger charge is 2.56. The van der Waals surface area contributed by atoms with Crippen LogP contribution in [0.4, 0.5) is 0 Å². The molecule has 0 spiro atoms. The molecule has 1 aliphatic rings. The van der Waals surface area contributed by atoms with Gasteiger partial charge < -0.3 is 29.2 Å². The van der Waals surface area contributed by atoms with E-state index in [4.69, 9.17) is 30.5 Å². The van der Waals surface area contributed by atoms with Crippen LogP contribution >= 0.6 is 11.6 Å². The van der Waals surface area contributed by atoms with E-state index in [0.29, 0.717) is 0 Å². The Balaban J connectivity index is 3.06. The van der Waals surface area contributed by atoms with Crippen LogP contribution in [0.2, 0.25) is 0 Å². The van der Waals surface area contributed by atoms with E-state index in [1.807, 2.05) is 0 Å². The number of aliphatic hydroxyl groups is 2. The number of esters is 3. The minimum Gasteiger partial charge on any atom is -0.463 e. The maximum atomic E-state index is 11.2. The van der Waals surface area contributed by atoms with Crippen LogP contribution in [0.3, 0.4) is 0 Å². The smallest absolute Gasteiger partial charge is 0.303 e. The van der Waals surface area contributed by atoms with E-state index < -0.39 is 54.2 Å². The molecule has 1 rings (SSSR count). The molecule has 1 aliphatic heterocycles. The number of hydrogen-bond donors (Lipinski definition) is 2. The third-order valence-corrected chi connectivity index (χ3v) is 3.05. The lowest BCUT2D eigenvalue weighted by Gasteiger charge is -2.44. The first-order valence-corrected chi connectivity index (χ1v) is 6.67. The highest BCUT2D eigenvalue weighted by atomic mass is 35.5. The fourth-order valence-corrected chi connectivity index (χ4v) is 2.17. The van der Waals surface area contributed by atoms with Crippen LogP contribution in [0.25, 0.3) is 0 Å². The summed E-state index contributed by atoms with van der Waals surface area (Å²) < 4.78 is 19.5. The van der Waals surface area contributed by atoms with Crippen LogP contribution in [-0.4, -0.2) is 64.4 Å². The topological polar surface area (TPSA) is 129 Å². The molecular formula is C12H17ClO9. The van der Waals surface area contributed by atoms with Crippen LogP contribution in [0.5, 0.6) is 0 Å². The van der Waals surface area contributed by atoms with E-state index in [1.54, 1.807) is 0 Å². The Hall–Kier alpha value is -1.42. The SMILES string of the molecule is CC(=O)OC[C@H]1O[C@@](O)(Cl)[C@H](O)[C@@H](OC(C)=O)[C@@H]1OC(C)=O. The number of ether oxygens (including phenoxy) is 4. The Bertz CT molecular complexity index is 450. The molecule has 0 aromatic heterocycles. The fraction of sp³-hybridized carbons (Fsp3) is 0.750. The zero-order valence-electron chi connectivity index (χ0n) is 12.1. The van der Waals surface area contributed by atoms with Crippen molar-refractivity contribution in [3.63, 3.8) is 0 Å². The molecular weight excluding hydrogens is 324 g/mol.